The van der Waals surface area contributed by atoms with Crippen molar-refractivity contribution in [1.82, 2.24) is 24.0 Å². The summed E-state index contributed by atoms with van der Waals surface area (Å²) in [7, 11) is -3.44. The third-order valence-electron chi connectivity index (χ3n) is 4.99. The van der Waals surface area contributed by atoms with Crippen LogP contribution in [0.25, 0.3) is 10.4 Å². The predicted octanol–water partition coefficient (Wildman–Crippen LogP) is 2.17. The maximum absolute atomic E-state index is 12.9. The maximum atomic E-state index is 12.9. The van der Waals surface area contributed by atoms with Crippen molar-refractivity contribution >= 4 is 27.3 Å². The van der Waals surface area contributed by atoms with Crippen LogP contribution in [-0.2, 0) is 27.8 Å². The first-order valence-electron chi connectivity index (χ1n) is 10.3. The third-order valence-corrected chi connectivity index (χ3v) is 8.15. The first kappa shape index (κ1) is 28.2. The molecule has 202 valence electrons. The molecule has 1 aliphatic carbocycles. The van der Waals surface area contributed by atoms with Gasteiger partial charge in [0.15, 0.2) is 0 Å². The van der Waals surface area contributed by atoms with E-state index in [0.717, 1.165) is 13.8 Å². The molecule has 3 aromatic heterocycles. The van der Waals surface area contributed by atoms with Crippen molar-refractivity contribution in [3.05, 3.63) is 57.4 Å². The summed E-state index contributed by atoms with van der Waals surface area (Å²) >= 11 is 1.35. The fourth-order valence-corrected chi connectivity index (χ4v) is 5.37. The van der Waals surface area contributed by atoms with Crippen LogP contribution in [0.1, 0.15) is 23.5 Å². The number of H-pyrrole nitrogens is 1. The number of nitrogens with two attached hydrogens (primary N) is 1. The van der Waals surface area contributed by atoms with Gasteiger partial charge in [-0.3, -0.25) is 4.57 Å². The molecule has 4 rings (SSSR count). The van der Waals surface area contributed by atoms with Gasteiger partial charge >= 0.3 is 17.8 Å². The lowest BCUT2D eigenvalue weighted by molar-refractivity contribution is -0.192. The van der Waals surface area contributed by atoms with Gasteiger partial charge in [-0.05, 0) is 25.0 Å². The number of aromatic amines is 1. The summed E-state index contributed by atoms with van der Waals surface area (Å²) in [5.74, 6) is -2.60. The van der Waals surface area contributed by atoms with Gasteiger partial charge in [0.2, 0.25) is 0 Å². The molecule has 1 saturated carbocycles. The Morgan fingerprint density at radius 1 is 1.27 bits per heavy atom. The molecular weight excluding hydrogens is 551 g/mol. The van der Waals surface area contributed by atoms with Crippen molar-refractivity contribution in [2.45, 2.75) is 37.2 Å². The van der Waals surface area contributed by atoms with E-state index in [2.05, 4.69) is 15.3 Å². The largest absolute Gasteiger partial charge is 0.490 e. The highest BCUT2D eigenvalue weighted by atomic mass is 32.2. The maximum Gasteiger partial charge on any atom is 0.490 e. The molecular formula is C19H19F5N6O5S2. The van der Waals surface area contributed by atoms with Crippen LogP contribution in [0.4, 0.5) is 22.0 Å². The number of alkyl halides is 3. The zero-order valence-electron chi connectivity index (χ0n) is 18.6. The number of hydrogen-bond acceptors (Lipinski definition) is 8. The quantitative estimate of drug-likeness (QED) is 0.347. The molecule has 0 aliphatic heterocycles. The molecule has 0 aromatic carbocycles. The van der Waals surface area contributed by atoms with E-state index in [-0.39, 0.29) is 36.2 Å². The van der Waals surface area contributed by atoms with Gasteiger partial charge in [-0.15, -0.1) is 11.3 Å². The first-order valence-corrected chi connectivity index (χ1v) is 12.6. The molecule has 1 fully saturated rings. The normalized spacial score (nSPS) is 13.7. The number of rotatable bonds is 8. The lowest BCUT2D eigenvalue weighted by Gasteiger charge is -2.05. The van der Waals surface area contributed by atoms with Crippen LogP contribution in [0.2, 0.25) is 0 Å². The second-order valence-electron chi connectivity index (χ2n) is 7.69. The summed E-state index contributed by atoms with van der Waals surface area (Å²) in [6.07, 6.45) is -2.95. The molecule has 0 bridgehead atoms. The Bertz CT molecular complexity index is 1460. The fraction of sp³-hybridized carbons (Fsp3) is 0.368. The number of aliphatic carboxylic acids is 1. The van der Waals surface area contributed by atoms with Gasteiger partial charge in [0, 0.05) is 33.9 Å². The average Bonchev–Trinajstić information content (AvgIpc) is 3.23. The Balaban J connectivity index is 0.000000479. The highest BCUT2D eigenvalue weighted by Crippen LogP contribution is 2.32. The number of carboxylic acids is 1. The lowest BCUT2D eigenvalue weighted by Crippen LogP contribution is -2.21. The molecule has 4 N–H and O–H groups in total. The SMILES string of the molecule is NCC(Cc1n[nH]c(=O)n1Cc1ccc(-c2cnn(S(=O)(=O)C3CC3)c2)s1)=C(F)F.O=C(O)C(F)(F)F. The molecule has 0 spiro atoms. The number of nitrogens with one attached hydrogen (secondary N) is 1. The van der Waals surface area contributed by atoms with Crippen LogP contribution in [0.3, 0.4) is 0 Å². The molecule has 1 aliphatic rings. The lowest BCUT2D eigenvalue weighted by atomic mass is 10.2. The molecule has 0 amide bonds. The summed E-state index contributed by atoms with van der Waals surface area (Å²) < 4.78 is 84.4. The van der Waals surface area contributed by atoms with Gasteiger partial charge < -0.3 is 10.8 Å². The van der Waals surface area contributed by atoms with Gasteiger partial charge in [0.05, 0.1) is 24.2 Å². The average molecular weight is 571 g/mol. The Kier molecular flexibility index (Phi) is 8.33. The molecule has 11 nitrogen and oxygen atoms in total. The molecule has 0 atom stereocenters. The standard InChI is InChI=1S/C17H18F2N6O3S2.C2HF3O2/c18-16(19)10(6-20)5-15-22-23-17(26)24(15)9-12-1-4-14(29-12)11-7-21-25(8-11)30(27,28)13-2-3-13;3-2(4,5)1(6)7/h1,4,7-8,13H,2-3,5-6,9,20H2,(H,23,26);(H,6,7). The highest BCUT2D eigenvalue weighted by Gasteiger charge is 2.38. The molecule has 37 heavy (non-hydrogen) atoms. The third kappa shape index (κ3) is 6.89. The molecule has 0 saturated heterocycles. The van der Waals surface area contributed by atoms with E-state index in [0.29, 0.717) is 18.4 Å². The summed E-state index contributed by atoms with van der Waals surface area (Å²) in [6, 6.07) is 3.58. The van der Waals surface area contributed by atoms with Crippen LogP contribution >= 0.6 is 11.3 Å². The zero-order valence-corrected chi connectivity index (χ0v) is 20.2. The van der Waals surface area contributed by atoms with Gasteiger partial charge in [-0.2, -0.15) is 36.2 Å². The minimum atomic E-state index is -5.08. The predicted molar refractivity (Wildman–Crippen MR) is 121 cm³/mol. The minimum Gasteiger partial charge on any atom is -0.475 e. The van der Waals surface area contributed by atoms with Crippen molar-refractivity contribution in [3.63, 3.8) is 0 Å². The summed E-state index contributed by atoms with van der Waals surface area (Å²) in [4.78, 5) is 22.5. The molecule has 3 aromatic rings. The summed E-state index contributed by atoms with van der Waals surface area (Å²) in [5, 5.41) is 16.8. The molecule has 18 heteroatoms. The second-order valence-corrected chi connectivity index (χ2v) is 10.9. The van der Waals surface area contributed by atoms with Crippen LogP contribution in [0, 0.1) is 0 Å². The van der Waals surface area contributed by atoms with Gasteiger partial charge in [0.1, 0.15) is 5.82 Å². The number of nitrogens with zero attached hydrogens (tertiary/aromatic N) is 4. The number of carbonyl (C=O) groups is 1. The van der Waals surface area contributed by atoms with Crippen LogP contribution in [0.5, 0.6) is 0 Å². The number of hydrogen-bond donors (Lipinski definition) is 3. The van der Waals surface area contributed by atoms with Crippen molar-refractivity contribution in [2.24, 2.45) is 5.73 Å². The number of aromatic nitrogens is 5. The van der Waals surface area contributed by atoms with Crippen molar-refractivity contribution in [1.29, 1.82) is 0 Å². The Morgan fingerprint density at radius 3 is 2.46 bits per heavy atom. The van der Waals surface area contributed by atoms with Gasteiger partial charge in [-0.25, -0.2) is 23.1 Å². The molecule has 0 radical (unpaired) electrons. The topological polar surface area (TPSA) is 166 Å². The summed E-state index contributed by atoms with van der Waals surface area (Å²) in [6.45, 7) is -0.199. The van der Waals surface area contributed by atoms with E-state index in [9.17, 15) is 35.2 Å². The van der Waals surface area contributed by atoms with Gasteiger partial charge in [0.25, 0.3) is 16.1 Å². The van der Waals surface area contributed by atoms with Crippen LogP contribution in [-0.4, -0.2) is 61.4 Å². The monoisotopic (exact) mass is 570 g/mol. The van der Waals surface area contributed by atoms with Crippen molar-refractivity contribution in [2.75, 3.05) is 6.54 Å². The number of carboxylic acid groups (broad SMARTS) is 1. The molecule has 3 heterocycles. The van der Waals surface area contributed by atoms with Crippen LogP contribution < -0.4 is 11.4 Å². The van der Waals surface area contributed by atoms with Crippen LogP contribution in [0.15, 0.2) is 41.0 Å². The van der Waals surface area contributed by atoms with Crippen molar-refractivity contribution in [3.8, 4) is 10.4 Å². The molecule has 0 unspecified atom stereocenters. The minimum absolute atomic E-state index is 0.135. The first-order chi connectivity index (χ1) is 17.2. The number of halogens is 5. The Hall–Kier alpha value is -3.38. The van der Waals surface area contributed by atoms with Gasteiger partial charge in [-0.1, -0.05) is 0 Å². The fourth-order valence-electron chi connectivity index (χ4n) is 2.92. The summed E-state index contributed by atoms with van der Waals surface area (Å²) in [5.41, 5.74) is 5.18. The van der Waals surface area contributed by atoms with E-state index >= 15 is 0 Å². The Morgan fingerprint density at radius 2 is 1.92 bits per heavy atom. The Labute approximate surface area is 209 Å². The van der Waals surface area contributed by atoms with E-state index in [1.807, 2.05) is 0 Å². The zero-order chi connectivity index (χ0) is 27.5. The highest BCUT2D eigenvalue weighted by molar-refractivity contribution is 7.90. The van der Waals surface area contributed by atoms with E-state index in [4.69, 9.17) is 15.6 Å². The van der Waals surface area contributed by atoms with E-state index < -0.39 is 33.9 Å². The van der Waals surface area contributed by atoms with E-state index in [1.165, 1.54) is 28.3 Å². The van der Waals surface area contributed by atoms with E-state index in [1.54, 1.807) is 12.1 Å². The van der Waals surface area contributed by atoms with Crippen molar-refractivity contribution < 1.29 is 40.3 Å². The smallest absolute Gasteiger partial charge is 0.475 e. The second kappa shape index (κ2) is 10.9. The number of thiophene rings is 1.